The maximum Gasteiger partial charge on any atom is 0.335 e. The molecule has 0 bridgehead atoms. The monoisotopic (exact) mass is 274 g/mol. The first-order valence-corrected chi connectivity index (χ1v) is 6.57. The predicted octanol–water partition coefficient (Wildman–Crippen LogP) is 1.92. The summed E-state index contributed by atoms with van der Waals surface area (Å²) < 4.78 is 0. The van der Waals surface area contributed by atoms with Crippen LogP contribution in [0.25, 0.3) is 0 Å². The second-order valence-electron chi connectivity index (χ2n) is 4.60. The van der Waals surface area contributed by atoms with E-state index in [1.165, 1.54) is 0 Å². The Morgan fingerprint density at radius 2 is 2.30 bits per heavy atom. The second-order valence-corrected chi connectivity index (χ2v) is 4.60. The van der Waals surface area contributed by atoms with E-state index >= 15 is 0 Å². The smallest absolute Gasteiger partial charge is 0.335 e. The van der Waals surface area contributed by atoms with E-state index in [-0.39, 0.29) is 6.04 Å². The van der Waals surface area contributed by atoms with Crippen LogP contribution in [-0.4, -0.2) is 26.3 Å². The van der Waals surface area contributed by atoms with E-state index in [9.17, 15) is 4.79 Å². The van der Waals surface area contributed by atoms with Gasteiger partial charge in [0, 0.05) is 13.0 Å². The van der Waals surface area contributed by atoms with E-state index in [0.717, 1.165) is 23.6 Å². The average Bonchev–Trinajstić information content (AvgIpc) is 2.94. The van der Waals surface area contributed by atoms with Gasteiger partial charge in [0.25, 0.3) is 0 Å². The van der Waals surface area contributed by atoms with Gasteiger partial charge in [0.1, 0.15) is 5.82 Å². The van der Waals surface area contributed by atoms with Crippen LogP contribution in [0.5, 0.6) is 0 Å². The maximum atomic E-state index is 10.9. The van der Waals surface area contributed by atoms with E-state index in [4.69, 9.17) is 5.11 Å². The molecule has 6 heteroatoms. The molecule has 0 spiro atoms. The van der Waals surface area contributed by atoms with Crippen molar-refractivity contribution in [2.24, 2.45) is 0 Å². The minimum absolute atomic E-state index is 0.0000317. The Morgan fingerprint density at radius 1 is 1.50 bits per heavy atom. The van der Waals surface area contributed by atoms with Crippen molar-refractivity contribution in [2.75, 3.05) is 0 Å². The highest BCUT2D eigenvalue weighted by Gasteiger charge is 2.11. The van der Waals surface area contributed by atoms with Crippen LogP contribution in [-0.2, 0) is 13.0 Å². The van der Waals surface area contributed by atoms with Gasteiger partial charge in [0.15, 0.2) is 5.82 Å². The van der Waals surface area contributed by atoms with Gasteiger partial charge in [-0.3, -0.25) is 5.10 Å². The Labute approximate surface area is 117 Å². The topological polar surface area (TPSA) is 90.9 Å². The number of hydrogen-bond donors (Lipinski definition) is 3. The summed E-state index contributed by atoms with van der Waals surface area (Å²) in [5.41, 5.74) is 1.21. The number of carboxylic acid groups (broad SMARTS) is 1. The van der Waals surface area contributed by atoms with Crippen LogP contribution in [0, 0.1) is 0 Å². The Balaban J connectivity index is 1.97. The molecule has 6 nitrogen and oxygen atoms in total. The van der Waals surface area contributed by atoms with Crippen molar-refractivity contribution >= 4 is 5.97 Å². The summed E-state index contributed by atoms with van der Waals surface area (Å²) in [5.74, 6) is 0.666. The molecule has 0 aliphatic heterocycles. The minimum atomic E-state index is -0.915. The summed E-state index contributed by atoms with van der Waals surface area (Å²) >= 11 is 0. The summed E-state index contributed by atoms with van der Waals surface area (Å²) in [4.78, 5) is 15.3. The number of hydrogen-bond acceptors (Lipinski definition) is 4. The van der Waals surface area contributed by atoms with Crippen molar-refractivity contribution in [3.63, 3.8) is 0 Å². The number of H-pyrrole nitrogens is 1. The molecule has 0 aliphatic carbocycles. The van der Waals surface area contributed by atoms with Crippen molar-refractivity contribution in [1.29, 1.82) is 0 Å². The number of aromatic carboxylic acids is 1. The van der Waals surface area contributed by atoms with Gasteiger partial charge in [-0.15, -0.1) is 0 Å². The maximum absolute atomic E-state index is 10.9. The Hall–Kier alpha value is -2.21. The Morgan fingerprint density at radius 3 is 2.95 bits per heavy atom. The number of aromatic amines is 1. The summed E-state index contributed by atoms with van der Waals surface area (Å²) in [5, 5.41) is 19.3. The predicted molar refractivity (Wildman–Crippen MR) is 74.4 cm³/mol. The first kappa shape index (κ1) is 14.2. The quantitative estimate of drug-likeness (QED) is 0.748. The number of aryl methyl sites for hydroxylation is 1. The molecule has 0 fully saturated rings. The number of nitrogens with zero attached hydrogens (tertiary/aromatic N) is 2. The summed E-state index contributed by atoms with van der Waals surface area (Å²) in [6.45, 7) is 4.56. The van der Waals surface area contributed by atoms with Crippen molar-refractivity contribution in [1.82, 2.24) is 20.5 Å². The van der Waals surface area contributed by atoms with E-state index in [2.05, 4.69) is 20.5 Å². The van der Waals surface area contributed by atoms with Crippen molar-refractivity contribution in [3.8, 4) is 0 Å². The highest BCUT2D eigenvalue weighted by atomic mass is 16.4. The highest BCUT2D eigenvalue weighted by molar-refractivity contribution is 5.87. The summed E-state index contributed by atoms with van der Waals surface area (Å²) in [6.07, 6.45) is 0.820. The van der Waals surface area contributed by atoms with E-state index in [1.54, 1.807) is 18.2 Å². The first-order chi connectivity index (χ1) is 9.60. The molecule has 1 aromatic heterocycles. The molecule has 20 heavy (non-hydrogen) atoms. The van der Waals surface area contributed by atoms with Gasteiger partial charge in [-0.05, 0) is 24.6 Å². The van der Waals surface area contributed by atoms with Crippen LogP contribution in [0.1, 0.15) is 47.5 Å². The molecule has 2 rings (SSSR count). The third-order valence-corrected chi connectivity index (χ3v) is 3.06. The molecule has 3 N–H and O–H groups in total. The molecule has 0 aliphatic rings. The zero-order chi connectivity index (χ0) is 14.5. The van der Waals surface area contributed by atoms with Crippen molar-refractivity contribution in [2.45, 2.75) is 32.9 Å². The van der Waals surface area contributed by atoms with E-state index in [1.807, 2.05) is 19.9 Å². The second kappa shape index (κ2) is 6.29. The van der Waals surface area contributed by atoms with Gasteiger partial charge in [-0.1, -0.05) is 19.1 Å². The van der Waals surface area contributed by atoms with E-state index < -0.39 is 5.97 Å². The fourth-order valence-corrected chi connectivity index (χ4v) is 1.84. The zero-order valence-electron chi connectivity index (χ0n) is 11.6. The number of nitrogens with one attached hydrogen (secondary N) is 2. The largest absolute Gasteiger partial charge is 0.478 e. The van der Waals surface area contributed by atoms with Crippen LogP contribution in [0.15, 0.2) is 24.3 Å². The summed E-state index contributed by atoms with van der Waals surface area (Å²) in [6, 6.07) is 6.88. The van der Waals surface area contributed by atoms with Gasteiger partial charge in [0.2, 0.25) is 0 Å². The molecule has 1 aromatic carbocycles. The number of aromatic nitrogens is 3. The number of carbonyl (C=O) groups is 1. The fraction of sp³-hybridized carbons (Fsp3) is 0.357. The number of rotatable bonds is 6. The normalized spacial score (nSPS) is 12.3. The summed E-state index contributed by atoms with van der Waals surface area (Å²) in [7, 11) is 0. The van der Waals surface area contributed by atoms with Crippen LogP contribution in [0.2, 0.25) is 0 Å². The average molecular weight is 274 g/mol. The third kappa shape index (κ3) is 3.42. The molecule has 0 amide bonds. The van der Waals surface area contributed by atoms with Crippen LogP contribution >= 0.6 is 0 Å². The molecule has 1 unspecified atom stereocenters. The number of carboxylic acids is 1. The molecule has 0 radical (unpaired) electrons. The van der Waals surface area contributed by atoms with Crippen LogP contribution < -0.4 is 5.32 Å². The molecule has 106 valence electrons. The van der Waals surface area contributed by atoms with Crippen molar-refractivity contribution < 1.29 is 9.90 Å². The SMILES string of the molecule is CCc1nc(C(C)NCc2cccc(C(=O)O)c2)n[nH]1. The number of benzene rings is 1. The van der Waals surface area contributed by atoms with Crippen LogP contribution in [0.4, 0.5) is 0 Å². The van der Waals surface area contributed by atoms with Gasteiger partial charge in [0.05, 0.1) is 11.6 Å². The molecule has 0 saturated heterocycles. The van der Waals surface area contributed by atoms with Gasteiger partial charge >= 0.3 is 5.97 Å². The highest BCUT2D eigenvalue weighted by Crippen LogP contribution is 2.10. The Kier molecular flexibility index (Phi) is 4.47. The molecule has 1 heterocycles. The molecule has 2 aromatic rings. The van der Waals surface area contributed by atoms with Gasteiger partial charge in [-0.2, -0.15) is 5.10 Å². The van der Waals surface area contributed by atoms with Crippen molar-refractivity contribution in [3.05, 3.63) is 47.0 Å². The first-order valence-electron chi connectivity index (χ1n) is 6.57. The third-order valence-electron chi connectivity index (χ3n) is 3.06. The van der Waals surface area contributed by atoms with E-state index in [0.29, 0.717) is 12.1 Å². The lowest BCUT2D eigenvalue weighted by molar-refractivity contribution is 0.0696. The molecular formula is C14H18N4O2. The lowest BCUT2D eigenvalue weighted by Gasteiger charge is -2.10. The minimum Gasteiger partial charge on any atom is -0.478 e. The standard InChI is InChI=1S/C14H18N4O2/c1-3-12-16-13(18-17-12)9(2)15-8-10-5-4-6-11(7-10)14(19)20/h4-7,9,15H,3,8H2,1-2H3,(H,19,20)(H,16,17,18). The fourth-order valence-electron chi connectivity index (χ4n) is 1.84. The van der Waals surface area contributed by atoms with Gasteiger partial charge in [-0.25, -0.2) is 9.78 Å². The lowest BCUT2D eigenvalue weighted by atomic mass is 10.1. The molecule has 1 atom stereocenters. The molecular weight excluding hydrogens is 256 g/mol. The lowest BCUT2D eigenvalue weighted by Crippen LogP contribution is -2.19. The zero-order valence-corrected chi connectivity index (χ0v) is 11.6. The Bertz CT molecular complexity index is 594. The van der Waals surface area contributed by atoms with Crippen LogP contribution in [0.3, 0.4) is 0 Å². The molecule has 0 saturated carbocycles. The van der Waals surface area contributed by atoms with Gasteiger partial charge < -0.3 is 10.4 Å².